The summed E-state index contributed by atoms with van der Waals surface area (Å²) in [6.45, 7) is 4.47. The molecule has 0 fully saturated rings. The maximum Gasteiger partial charge on any atom is 0.231 e. The summed E-state index contributed by atoms with van der Waals surface area (Å²) >= 11 is 0. The molecule has 2 aromatic heterocycles. The van der Waals surface area contributed by atoms with E-state index in [1.165, 1.54) is 10.9 Å². The molecule has 2 unspecified atom stereocenters. The zero-order valence-electron chi connectivity index (χ0n) is 24.8. The third-order valence-electron chi connectivity index (χ3n) is 8.83. The molecule has 0 spiro atoms. The third-order valence-corrected chi connectivity index (χ3v) is 8.83. The number of ether oxygens (including phenoxy) is 1. The second-order valence-electron chi connectivity index (χ2n) is 11.6. The summed E-state index contributed by atoms with van der Waals surface area (Å²) in [6.07, 6.45) is 7.86. The minimum Gasteiger partial charge on any atom is -0.490 e. The van der Waals surface area contributed by atoms with Crippen molar-refractivity contribution in [3.63, 3.8) is 0 Å². The Balaban J connectivity index is 1.13. The minimum atomic E-state index is -0.135. The van der Waals surface area contributed by atoms with Crippen molar-refractivity contribution in [2.75, 3.05) is 22.6 Å². The van der Waals surface area contributed by atoms with Crippen molar-refractivity contribution >= 4 is 39.8 Å². The van der Waals surface area contributed by atoms with Crippen LogP contribution in [0.15, 0.2) is 85.3 Å². The second-order valence-corrected chi connectivity index (χ2v) is 11.6. The predicted octanol–water partition coefficient (Wildman–Crippen LogP) is 7.22. The average Bonchev–Trinajstić information content (AvgIpc) is 3.70. The molecule has 0 aliphatic carbocycles. The molecule has 2 aliphatic rings. The van der Waals surface area contributed by atoms with Gasteiger partial charge in [-0.05, 0) is 84.0 Å². The fourth-order valence-corrected chi connectivity index (χ4v) is 6.54. The minimum absolute atomic E-state index is 0.0556. The summed E-state index contributed by atoms with van der Waals surface area (Å²) < 4.78 is 6.40. The van der Waals surface area contributed by atoms with E-state index in [1.807, 2.05) is 56.4 Å². The maximum absolute atomic E-state index is 12.4. The van der Waals surface area contributed by atoms with Crippen LogP contribution in [0, 0.1) is 0 Å². The smallest absolute Gasteiger partial charge is 0.231 e. The number of aromatic nitrogens is 2. The molecule has 5 aromatic rings. The fraction of sp³-hybridized carbons (Fsp3) is 0.250. The van der Waals surface area contributed by atoms with Crippen molar-refractivity contribution in [2.45, 2.75) is 51.0 Å². The number of para-hydroxylation sites is 1. The van der Waals surface area contributed by atoms with Gasteiger partial charge in [0.2, 0.25) is 11.8 Å². The first kappa shape index (κ1) is 27.7. The lowest BCUT2D eigenvalue weighted by Gasteiger charge is -2.21. The molecule has 0 saturated carbocycles. The van der Waals surface area contributed by atoms with E-state index in [1.54, 1.807) is 6.20 Å². The SMILES string of the molecule is CCC1C(=O)Nc2ccc(N[C@H](COc3cncc(-c4ccc5c(c4)C(CC)C(=O)N5)c3)Cc3c[nH]c4ccccc34)cc21. The highest BCUT2D eigenvalue weighted by Crippen LogP contribution is 2.38. The molecule has 2 amide bonds. The quantitative estimate of drug-likeness (QED) is 0.138. The molecule has 222 valence electrons. The monoisotopic (exact) mass is 585 g/mol. The first-order chi connectivity index (χ1) is 21.5. The number of hydrogen-bond donors (Lipinski definition) is 4. The Bertz CT molecular complexity index is 1880. The number of nitrogens with zero attached hydrogens (tertiary/aromatic N) is 1. The lowest BCUT2D eigenvalue weighted by molar-refractivity contribution is -0.117. The van der Waals surface area contributed by atoms with Crippen molar-refractivity contribution in [1.82, 2.24) is 9.97 Å². The Hall–Kier alpha value is -5.11. The van der Waals surface area contributed by atoms with Gasteiger partial charge in [-0.15, -0.1) is 0 Å². The molecular weight excluding hydrogens is 550 g/mol. The molecular formula is C36H35N5O3. The van der Waals surface area contributed by atoms with Crippen LogP contribution in [0.25, 0.3) is 22.0 Å². The van der Waals surface area contributed by atoms with Crippen LogP contribution in [0.2, 0.25) is 0 Å². The van der Waals surface area contributed by atoms with Crippen LogP contribution < -0.4 is 20.7 Å². The topological polar surface area (TPSA) is 108 Å². The van der Waals surface area contributed by atoms with Crippen LogP contribution in [-0.2, 0) is 16.0 Å². The summed E-state index contributed by atoms with van der Waals surface area (Å²) in [7, 11) is 0. The van der Waals surface area contributed by atoms with Gasteiger partial charge in [-0.25, -0.2) is 0 Å². The number of nitrogens with one attached hydrogen (secondary N) is 4. The van der Waals surface area contributed by atoms with E-state index in [2.05, 4.69) is 62.4 Å². The highest BCUT2D eigenvalue weighted by Gasteiger charge is 2.30. The van der Waals surface area contributed by atoms with Crippen LogP contribution in [0.4, 0.5) is 17.1 Å². The standard InChI is InChI=1S/C36H35N5O3/c1-3-27-30-15-21(9-11-33(30)40-35(27)42)22-14-26(19-37-17-22)44-20-25(13-23-18-38-32-8-6-5-7-29(23)32)39-24-10-12-34-31(16-24)28(4-2)36(43)41-34/h5-12,14-19,25,27-28,38-39H,3-4,13,20H2,1-2H3,(H,40,42)(H,41,43)/t25-,27?,28?/m0/s1. The lowest BCUT2D eigenvalue weighted by Crippen LogP contribution is -2.29. The van der Waals surface area contributed by atoms with Gasteiger partial charge in [0.1, 0.15) is 12.4 Å². The zero-order valence-corrected chi connectivity index (χ0v) is 24.8. The van der Waals surface area contributed by atoms with E-state index in [0.717, 1.165) is 64.1 Å². The molecule has 3 atom stereocenters. The van der Waals surface area contributed by atoms with Crippen LogP contribution in [0.3, 0.4) is 0 Å². The number of amides is 2. The first-order valence-electron chi connectivity index (χ1n) is 15.3. The highest BCUT2D eigenvalue weighted by atomic mass is 16.5. The molecule has 4 N–H and O–H groups in total. The number of benzene rings is 3. The number of H-pyrrole nitrogens is 1. The number of carbonyl (C=O) groups excluding carboxylic acids is 2. The van der Waals surface area contributed by atoms with Gasteiger partial charge in [0.05, 0.1) is 24.1 Å². The van der Waals surface area contributed by atoms with Crippen molar-refractivity contribution in [3.8, 4) is 16.9 Å². The number of carbonyl (C=O) groups is 2. The van der Waals surface area contributed by atoms with E-state index >= 15 is 0 Å². The molecule has 8 heteroatoms. The van der Waals surface area contributed by atoms with Gasteiger partial charge < -0.3 is 25.7 Å². The number of pyridine rings is 1. The van der Waals surface area contributed by atoms with Crippen LogP contribution in [0.5, 0.6) is 5.75 Å². The number of aromatic amines is 1. The van der Waals surface area contributed by atoms with Gasteiger partial charge in [0, 0.05) is 45.9 Å². The number of anilines is 3. The van der Waals surface area contributed by atoms with E-state index in [4.69, 9.17) is 4.74 Å². The van der Waals surface area contributed by atoms with E-state index in [9.17, 15) is 9.59 Å². The molecule has 3 aromatic carbocycles. The number of hydrogen-bond acceptors (Lipinski definition) is 5. The first-order valence-corrected chi connectivity index (χ1v) is 15.3. The average molecular weight is 586 g/mol. The van der Waals surface area contributed by atoms with Crippen molar-refractivity contribution in [2.24, 2.45) is 0 Å². The number of fused-ring (bicyclic) bond motifs is 3. The molecule has 7 rings (SSSR count). The predicted molar refractivity (Wildman–Crippen MR) is 174 cm³/mol. The molecule has 0 saturated heterocycles. The van der Waals surface area contributed by atoms with E-state index in [0.29, 0.717) is 12.4 Å². The molecule has 2 aliphatic heterocycles. The van der Waals surface area contributed by atoms with Gasteiger partial charge in [0.25, 0.3) is 0 Å². The summed E-state index contributed by atoms with van der Waals surface area (Å²) in [6, 6.07) is 22.4. The van der Waals surface area contributed by atoms with Crippen LogP contribution in [-0.4, -0.2) is 34.4 Å². The van der Waals surface area contributed by atoms with Crippen molar-refractivity contribution in [1.29, 1.82) is 0 Å². The van der Waals surface area contributed by atoms with Gasteiger partial charge in [-0.2, -0.15) is 0 Å². The Morgan fingerprint density at radius 2 is 1.57 bits per heavy atom. The Morgan fingerprint density at radius 3 is 2.34 bits per heavy atom. The summed E-state index contributed by atoms with van der Waals surface area (Å²) in [5, 5.41) is 10.9. The molecule has 4 heterocycles. The second kappa shape index (κ2) is 11.5. The van der Waals surface area contributed by atoms with Crippen molar-refractivity contribution < 1.29 is 14.3 Å². The Labute approximate surface area is 256 Å². The normalized spacial score (nSPS) is 17.6. The molecule has 8 nitrogen and oxygen atoms in total. The molecule has 0 bridgehead atoms. The Morgan fingerprint density at radius 1 is 0.841 bits per heavy atom. The van der Waals surface area contributed by atoms with Gasteiger partial charge in [0.15, 0.2) is 0 Å². The highest BCUT2D eigenvalue weighted by molar-refractivity contribution is 6.04. The van der Waals surface area contributed by atoms with Crippen LogP contribution in [0.1, 0.15) is 55.2 Å². The van der Waals surface area contributed by atoms with Gasteiger partial charge in [-0.1, -0.05) is 38.1 Å². The van der Waals surface area contributed by atoms with E-state index in [-0.39, 0.29) is 29.7 Å². The maximum atomic E-state index is 12.4. The summed E-state index contributed by atoms with van der Waals surface area (Å²) in [4.78, 5) is 32.7. The molecule has 44 heavy (non-hydrogen) atoms. The Kier molecular flexibility index (Phi) is 7.26. The van der Waals surface area contributed by atoms with Gasteiger partial charge in [-0.3, -0.25) is 14.6 Å². The summed E-state index contributed by atoms with van der Waals surface area (Å²) in [5.74, 6) is 0.519. The zero-order chi connectivity index (χ0) is 30.2. The van der Waals surface area contributed by atoms with Crippen molar-refractivity contribution in [3.05, 3.63) is 102 Å². The number of rotatable bonds is 10. The summed E-state index contributed by atoms with van der Waals surface area (Å²) in [5.41, 5.74) is 9.01. The fourth-order valence-electron chi connectivity index (χ4n) is 6.54. The van der Waals surface area contributed by atoms with Gasteiger partial charge >= 0.3 is 0 Å². The van der Waals surface area contributed by atoms with E-state index < -0.39 is 0 Å². The largest absolute Gasteiger partial charge is 0.490 e. The van der Waals surface area contributed by atoms with Crippen LogP contribution >= 0.6 is 0 Å². The lowest BCUT2D eigenvalue weighted by atomic mass is 9.95. The molecule has 0 radical (unpaired) electrons. The third kappa shape index (κ3) is 5.17.